The second-order valence-corrected chi connectivity index (χ2v) is 7.86. The Balaban J connectivity index is 1.46. The highest BCUT2D eigenvalue weighted by Gasteiger charge is 2.19. The van der Waals surface area contributed by atoms with Crippen LogP contribution in [-0.2, 0) is 11.3 Å². The van der Waals surface area contributed by atoms with E-state index in [1.807, 2.05) is 25.1 Å². The summed E-state index contributed by atoms with van der Waals surface area (Å²) in [5.74, 6) is 0.286. The highest BCUT2D eigenvalue weighted by Crippen LogP contribution is 2.31. The average Bonchev–Trinajstić information content (AvgIpc) is 3.11. The summed E-state index contributed by atoms with van der Waals surface area (Å²) in [6.45, 7) is 9.60. The normalized spacial score (nSPS) is 14.6. The number of ether oxygens (including phenoxy) is 1. The summed E-state index contributed by atoms with van der Waals surface area (Å²) in [6, 6.07) is 11.1. The fourth-order valence-electron chi connectivity index (χ4n) is 4.03. The van der Waals surface area contributed by atoms with Crippen molar-refractivity contribution in [3.05, 3.63) is 53.1 Å². The van der Waals surface area contributed by atoms with E-state index in [0.717, 1.165) is 43.1 Å². The van der Waals surface area contributed by atoms with Crippen molar-refractivity contribution in [1.82, 2.24) is 19.1 Å². The largest absolute Gasteiger partial charge is 0.492 e. The number of carbonyl (C=O) groups is 1. The molecular weight excluding hydrogens is 408 g/mol. The Hall–Kier alpha value is -3.33. The molecule has 1 amide bonds. The van der Waals surface area contributed by atoms with Gasteiger partial charge in [0.1, 0.15) is 12.3 Å². The van der Waals surface area contributed by atoms with Gasteiger partial charge in [0.15, 0.2) is 5.65 Å². The first-order valence-corrected chi connectivity index (χ1v) is 11.2. The Morgan fingerprint density at radius 1 is 1.12 bits per heavy atom. The van der Waals surface area contributed by atoms with Crippen LogP contribution in [0, 0.1) is 0 Å². The first-order chi connectivity index (χ1) is 15.6. The molecule has 3 aromatic rings. The molecule has 0 aliphatic carbocycles. The summed E-state index contributed by atoms with van der Waals surface area (Å²) in [6.07, 6.45) is 2.80. The summed E-state index contributed by atoms with van der Waals surface area (Å²) >= 11 is 0. The van der Waals surface area contributed by atoms with Crippen LogP contribution in [0.3, 0.4) is 0 Å². The second-order valence-electron chi connectivity index (χ2n) is 7.86. The number of nitrogens with zero attached hydrogens (tertiary/aromatic N) is 5. The van der Waals surface area contributed by atoms with Gasteiger partial charge in [-0.05, 0) is 44.2 Å². The molecule has 1 fully saturated rings. The number of carbonyl (C=O) groups excluding carboxylic acids is 1. The van der Waals surface area contributed by atoms with Gasteiger partial charge in [0.25, 0.3) is 0 Å². The van der Waals surface area contributed by atoms with E-state index >= 15 is 0 Å². The summed E-state index contributed by atoms with van der Waals surface area (Å²) in [5, 5.41) is 7.08. The Morgan fingerprint density at radius 3 is 2.66 bits per heavy atom. The van der Waals surface area contributed by atoms with Crippen molar-refractivity contribution in [2.45, 2.75) is 26.8 Å². The Bertz CT molecular complexity index is 1130. The predicted molar refractivity (Wildman–Crippen MR) is 125 cm³/mol. The molecule has 1 aliphatic rings. The van der Waals surface area contributed by atoms with Crippen molar-refractivity contribution in [1.29, 1.82) is 0 Å². The van der Waals surface area contributed by atoms with Crippen molar-refractivity contribution < 1.29 is 9.53 Å². The molecule has 4 rings (SSSR count). The first-order valence-electron chi connectivity index (χ1n) is 11.2. The molecular formula is C23H30N6O3. The molecule has 1 N–H and O–H groups in total. The average molecular weight is 439 g/mol. The van der Waals surface area contributed by atoms with Gasteiger partial charge in [-0.1, -0.05) is 13.0 Å². The molecule has 1 saturated heterocycles. The van der Waals surface area contributed by atoms with Crippen LogP contribution in [0.5, 0.6) is 5.75 Å². The van der Waals surface area contributed by atoms with Crippen LogP contribution in [-0.4, -0.2) is 64.3 Å². The molecule has 0 bridgehead atoms. The topological polar surface area (TPSA) is 84.1 Å². The van der Waals surface area contributed by atoms with Crippen molar-refractivity contribution in [2.75, 3.05) is 49.5 Å². The zero-order valence-corrected chi connectivity index (χ0v) is 18.7. The van der Waals surface area contributed by atoms with E-state index in [4.69, 9.17) is 4.74 Å². The van der Waals surface area contributed by atoms with E-state index in [-0.39, 0.29) is 18.1 Å². The molecule has 0 radical (unpaired) electrons. The van der Waals surface area contributed by atoms with E-state index < -0.39 is 0 Å². The van der Waals surface area contributed by atoms with Crippen molar-refractivity contribution in [2.24, 2.45) is 0 Å². The molecule has 0 spiro atoms. The van der Waals surface area contributed by atoms with Gasteiger partial charge < -0.3 is 15.0 Å². The van der Waals surface area contributed by atoms with Crippen LogP contribution in [0.2, 0.25) is 0 Å². The van der Waals surface area contributed by atoms with Gasteiger partial charge in [-0.15, -0.1) is 5.10 Å². The van der Waals surface area contributed by atoms with Crippen LogP contribution in [0.4, 0.5) is 11.4 Å². The van der Waals surface area contributed by atoms with Crippen LogP contribution in [0.15, 0.2) is 47.4 Å². The number of hydrogen-bond donors (Lipinski definition) is 1. The van der Waals surface area contributed by atoms with Crippen molar-refractivity contribution in [3.8, 4) is 5.75 Å². The number of benzene rings is 1. The molecule has 0 atom stereocenters. The number of aromatic nitrogens is 3. The molecule has 1 aromatic carbocycles. The summed E-state index contributed by atoms with van der Waals surface area (Å²) in [4.78, 5) is 29.9. The van der Waals surface area contributed by atoms with E-state index in [1.165, 1.54) is 10.8 Å². The summed E-state index contributed by atoms with van der Waals surface area (Å²) < 4.78 is 8.38. The lowest BCUT2D eigenvalue weighted by atomic mass is 10.2. The number of fused-ring (bicyclic) bond motifs is 1. The molecule has 0 unspecified atom stereocenters. The third-order valence-electron chi connectivity index (χ3n) is 5.60. The standard InChI is InChI=1S/C23H30N6O3/c1-3-10-26-12-14-27(15-13-26)18-8-9-19(20(16-18)32-4-2)24-22(30)17-29-23(31)28-11-6-5-7-21(28)25-29/h5-9,11,16H,3-4,10,12-15,17H2,1-2H3,(H,24,30). The van der Waals surface area contributed by atoms with E-state index in [0.29, 0.717) is 23.7 Å². The second kappa shape index (κ2) is 9.86. The fourth-order valence-corrected chi connectivity index (χ4v) is 4.03. The number of nitrogens with one attached hydrogen (secondary N) is 1. The quantitative estimate of drug-likeness (QED) is 0.580. The molecule has 0 saturated carbocycles. The summed E-state index contributed by atoms with van der Waals surface area (Å²) in [7, 11) is 0. The lowest BCUT2D eigenvalue weighted by molar-refractivity contribution is -0.117. The predicted octanol–water partition coefficient (Wildman–Crippen LogP) is 2.07. The maximum absolute atomic E-state index is 12.7. The maximum Gasteiger partial charge on any atom is 0.350 e. The third-order valence-corrected chi connectivity index (χ3v) is 5.60. The van der Waals surface area contributed by atoms with Crippen LogP contribution in [0.25, 0.3) is 5.65 Å². The van der Waals surface area contributed by atoms with E-state index in [2.05, 4.69) is 27.1 Å². The van der Waals surface area contributed by atoms with Gasteiger partial charge in [-0.25, -0.2) is 9.48 Å². The zero-order chi connectivity index (χ0) is 22.5. The van der Waals surface area contributed by atoms with Gasteiger partial charge in [-0.2, -0.15) is 0 Å². The number of piperazine rings is 1. The van der Waals surface area contributed by atoms with Gasteiger partial charge in [0.05, 0.1) is 12.3 Å². The minimum atomic E-state index is -0.349. The molecule has 9 heteroatoms. The molecule has 9 nitrogen and oxygen atoms in total. The SMILES string of the molecule is CCCN1CCN(c2ccc(NC(=O)Cn3nc4ccccn4c3=O)c(OCC)c2)CC1. The van der Waals surface area contributed by atoms with Crippen LogP contribution in [0.1, 0.15) is 20.3 Å². The first kappa shape index (κ1) is 21.9. The highest BCUT2D eigenvalue weighted by atomic mass is 16.5. The Labute approximate surface area is 187 Å². The van der Waals surface area contributed by atoms with Gasteiger partial charge >= 0.3 is 5.69 Å². The smallest absolute Gasteiger partial charge is 0.350 e. The number of hydrogen-bond acceptors (Lipinski definition) is 6. The highest BCUT2D eigenvalue weighted by molar-refractivity contribution is 5.92. The van der Waals surface area contributed by atoms with Gasteiger partial charge in [-0.3, -0.25) is 14.1 Å². The molecule has 32 heavy (non-hydrogen) atoms. The fraction of sp³-hybridized carbons (Fsp3) is 0.435. The number of amides is 1. The molecule has 1 aliphatic heterocycles. The van der Waals surface area contributed by atoms with E-state index in [1.54, 1.807) is 24.4 Å². The Kier molecular flexibility index (Phi) is 6.75. The van der Waals surface area contributed by atoms with Crippen LogP contribution >= 0.6 is 0 Å². The van der Waals surface area contributed by atoms with Gasteiger partial charge in [0.2, 0.25) is 5.91 Å². The van der Waals surface area contributed by atoms with Crippen molar-refractivity contribution >= 4 is 22.9 Å². The monoisotopic (exact) mass is 438 g/mol. The summed E-state index contributed by atoms with van der Waals surface area (Å²) in [5.41, 5.74) is 1.82. The van der Waals surface area contributed by atoms with Crippen molar-refractivity contribution in [3.63, 3.8) is 0 Å². The Morgan fingerprint density at radius 2 is 1.94 bits per heavy atom. The third kappa shape index (κ3) is 4.77. The minimum Gasteiger partial charge on any atom is -0.492 e. The van der Waals surface area contributed by atoms with E-state index in [9.17, 15) is 9.59 Å². The maximum atomic E-state index is 12.7. The number of pyridine rings is 1. The molecule has 170 valence electrons. The molecule has 3 heterocycles. The minimum absolute atomic E-state index is 0.173. The molecule has 2 aromatic heterocycles. The number of anilines is 2. The van der Waals surface area contributed by atoms with Gasteiger partial charge in [0, 0.05) is 44.1 Å². The number of rotatable bonds is 8. The van der Waals surface area contributed by atoms with Crippen LogP contribution < -0.4 is 20.6 Å². The lowest BCUT2D eigenvalue weighted by Gasteiger charge is -2.36. The zero-order valence-electron chi connectivity index (χ0n) is 18.7. The lowest BCUT2D eigenvalue weighted by Crippen LogP contribution is -2.46.